The molecule has 1 saturated heterocycles. The summed E-state index contributed by atoms with van der Waals surface area (Å²) >= 11 is 0. The van der Waals surface area contributed by atoms with E-state index in [0.29, 0.717) is 19.2 Å². The first-order valence-corrected chi connectivity index (χ1v) is 8.30. The van der Waals surface area contributed by atoms with Crippen LogP contribution in [0.4, 0.5) is 0 Å². The van der Waals surface area contributed by atoms with Gasteiger partial charge in [-0.2, -0.15) is 0 Å². The van der Waals surface area contributed by atoms with Gasteiger partial charge in [0.1, 0.15) is 0 Å². The summed E-state index contributed by atoms with van der Waals surface area (Å²) in [6, 6.07) is 0.566. The number of hydrogen-bond acceptors (Lipinski definition) is 4. The molecule has 1 heterocycles. The highest BCUT2D eigenvalue weighted by atomic mass is 16.5. The van der Waals surface area contributed by atoms with Gasteiger partial charge in [-0.3, -0.25) is 4.90 Å². The Morgan fingerprint density at radius 3 is 2.50 bits per heavy atom. The van der Waals surface area contributed by atoms with Crippen molar-refractivity contribution in [3.8, 4) is 0 Å². The third-order valence-corrected chi connectivity index (χ3v) is 3.96. The fourth-order valence-electron chi connectivity index (χ4n) is 2.64. The van der Waals surface area contributed by atoms with Crippen LogP contribution in [-0.4, -0.2) is 61.5 Å². The second-order valence-electron chi connectivity index (χ2n) is 6.52. The summed E-state index contributed by atoms with van der Waals surface area (Å²) in [5.41, 5.74) is 0. The van der Waals surface area contributed by atoms with Gasteiger partial charge in [-0.25, -0.2) is 0 Å². The Morgan fingerprint density at radius 1 is 1.15 bits per heavy atom. The molecule has 120 valence electrons. The van der Waals surface area contributed by atoms with Gasteiger partial charge in [0, 0.05) is 25.7 Å². The highest BCUT2D eigenvalue weighted by Gasteiger charge is 2.17. The largest absolute Gasteiger partial charge is 0.389 e. The highest BCUT2D eigenvalue weighted by Crippen LogP contribution is 2.10. The Bertz CT molecular complexity index is 231. The summed E-state index contributed by atoms with van der Waals surface area (Å²) in [5, 5.41) is 13.2. The maximum atomic E-state index is 9.83. The van der Waals surface area contributed by atoms with Crippen LogP contribution in [0.15, 0.2) is 0 Å². The minimum atomic E-state index is -0.389. The van der Waals surface area contributed by atoms with Crippen molar-refractivity contribution in [2.24, 2.45) is 5.92 Å². The monoisotopic (exact) mass is 286 g/mol. The fourth-order valence-corrected chi connectivity index (χ4v) is 2.64. The Kier molecular flexibility index (Phi) is 9.44. The second-order valence-corrected chi connectivity index (χ2v) is 6.52. The minimum absolute atomic E-state index is 0.389. The normalized spacial score (nSPS) is 19.6. The van der Waals surface area contributed by atoms with Crippen molar-refractivity contribution < 1.29 is 9.84 Å². The molecule has 1 aliphatic heterocycles. The van der Waals surface area contributed by atoms with Crippen molar-refractivity contribution in [3.05, 3.63) is 0 Å². The van der Waals surface area contributed by atoms with Crippen molar-refractivity contribution in [3.63, 3.8) is 0 Å². The van der Waals surface area contributed by atoms with Crippen LogP contribution in [0.2, 0.25) is 0 Å². The van der Waals surface area contributed by atoms with E-state index in [1.807, 2.05) is 0 Å². The molecular weight excluding hydrogens is 252 g/mol. The number of aliphatic hydroxyl groups is 1. The lowest BCUT2D eigenvalue weighted by molar-refractivity contribution is 0.0341. The molecular formula is C16H34N2O2. The first kappa shape index (κ1) is 17.9. The first-order valence-electron chi connectivity index (χ1n) is 8.30. The molecule has 0 amide bonds. The zero-order chi connectivity index (χ0) is 14.8. The first-order chi connectivity index (χ1) is 9.59. The zero-order valence-electron chi connectivity index (χ0n) is 13.6. The molecule has 1 fully saturated rings. The molecule has 4 heteroatoms. The summed E-state index contributed by atoms with van der Waals surface area (Å²) in [6.07, 6.45) is 4.56. The van der Waals surface area contributed by atoms with Crippen LogP contribution in [-0.2, 0) is 4.74 Å². The molecule has 20 heavy (non-hydrogen) atoms. The molecule has 0 aromatic carbocycles. The lowest BCUT2D eigenvalue weighted by Gasteiger charge is -2.24. The van der Waals surface area contributed by atoms with E-state index in [1.165, 1.54) is 32.4 Å². The molecule has 0 aliphatic carbocycles. The predicted octanol–water partition coefficient (Wildman–Crippen LogP) is 1.87. The number of aliphatic hydroxyl groups excluding tert-OH is 1. The Hall–Kier alpha value is -0.160. The van der Waals surface area contributed by atoms with Gasteiger partial charge in [0.2, 0.25) is 0 Å². The molecule has 0 radical (unpaired) electrons. The van der Waals surface area contributed by atoms with Crippen molar-refractivity contribution in [2.75, 3.05) is 39.4 Å². The minimum Gasteiger partial charge on any atom is -0.389 e. The molecule has 0 aromatic heterocycles. The highest BCUT2D eigenvalue weighted by molar-refractivity contribution is 4.75. The van der Waals surface area contributed by atoms with Crippen LogP contribution in [0.3, 0.4) is 0 Å². The van der Waals surface area contributed by atoms with Gasteiger partial charge < -0.3 is 15.2 Å². The number of hydrogen-bond donors (Lipinski definition) is 2. The van der Waals surface area contributed by atoms with Crippen LogP contribution in [0.5, 0.6) is 0 Å². The number of nitrogens with one attached hydrogen (secondary N) is 1. The topological polar surface area (TPSA) is 44.7 Å². The maximum Gasteiger partial charge on any atom is 0.0897 e. The number of nitrogens with zero attached hydrogens (tertiary/aromatic N) is 1. The van der Waals surface area contributed by atoms with Crippen LogP contribution in [0.25, 0.3) is 0 Å². The summed E-state index contributed by atoms with van der Waals surface area (Å²) in [6.45, 7) is 11.9. The summed E-state index contributed by atoms with van der Waals surface area (Å²) in [5.74, 6) is 0.734. The number of ether oxygens (including phenoxy) is 1. The molecule has 0 spiro atoms. The Balaban J connectivity index is 1.92. The lowest BCUT2D eigenvalue weighted by Crippen LogP contribution is -2.41. The SMILES string of the molecule is CC(C)CCCOCC(O)CNCC(C)N1CCCC1. The van der Waals surface area contributed by atoms with Gasteiger partial charge in [-0.15, -0.1) is 0 Å². The summed E-state index contributed by atoms with van der Waals surface area (Å²) in [4.78, 5) is 2.52. The second kappa shape index (κ2) is 10.6. The predicted molar refractivity (Wildman–Crippen MR) is 84.0 cm³/mol. The summed E-state index contributed by atoms with van der Waals surface area (Å²) < 4.78 is 5.50. The van der Waals surface area contributed by atoms with E-state index in [4.69, 9.17) is 4.74 Å². The average Bonchev–Trinajstić information content (AvgIpc) is 2.91. The smallest absolute Gasteiger partial charge is 0.0897 e. The van der Waals surface area contributed by atoms with Gasteiger partial charge in [0.05, 0.1) is 12.7 Å². The molecule has 2 atom stereocenters. The number of rotatable bonds is 11. The third kappa shape index (κ3) is 8.20. The fraction of sp³-hybridized carbons (Fsp3) is 1.00. The van der Waals surface area contributed by atoms with Crippen molar-refractivity contribution >= 4 is 0 Å². The van der Waals surface area contributed by atoms with E-state index in [2.05, 4.69) is 31.0 Å². The van der Waals surface area contributed by atoms with Gasteiger partial charge in [-0.05, 0) is 51.6 Å². The quantitative estimate of drug-likeness (QED) is 0.569. The van der Waals surface area contributed by atoms with Crippen molar-refractivity contribution in [1.29, 1.82) is 0 Å². The molecule has 2 N–H and O–H groups in total. The molecule has 1 rings (SSSR count). The van der Waals surface area contributed by atoms with Gasteiger partial charge in [-0.1, -0.05) is 13.8 Å². The van der Waals surface area contributed by atoms with Crippen molar-refractivity contribution in [2.45, 2.75) is 58.6 Å². The standard InChI is InChI=1S/C16H34N2O2/c1-14(2)7-6-10-20-13-16(19)12-17-11-15(3)18-8-4-5-9-18/h14-17,19H,4-13H2,1-3H3. The molecule has 0 aromatic rings. The zero-order valence-corrected chi connectivity index (χ0v) is 13.6. The third-order valence-electron chi connectivity index (χ3n) is 3.96. The summed E-state index contributed by atoms with van der Waals surface area (Å²) in [7, 11) is 0. The van der Waals surface area contributed by atoms with Crippen LogP contribution < -0.4 is 5.32 Å². The van der Waals surface area contributed by atoms with Gasteiger partial charge in [0.25, 0.3) is 0 Å². The molecule has 1 aliphatic rings. The lowest BCUT2D eigenvalue weighted by atomic mass is 10.1. The van der Waals surface area contributed by atoms with Gasteiger partial charge in [0.15, 0.2) is 0 Å². The number of likely N-dealkylation sites (tertiary alicyclic amines) is 1. The van der Waals surface area contributed by atoms with E-state index in [9.17, 15) is 5.11 Å². The Labute approximate surface area is 124 Å². The van der Waals surface area contributed by atoms with Crippen LogP contribution in [0.1, 0.15) is 46.5 Å². The van der Waals surface area contributed by atoms with Crippen molar-refractivity contribution in [1.82, 2.24) is 10.2 Å². The molecule has 0 bridgehead atoms. The molecule has 2 unspecified atom stereocenters. The van der Waals surface area contributed by atoms with E-state index < -0.39 is 0 Å². The van der Waals surface area contributed by atoms with E-state index in [0.717, 1.165) is 25.5 Å². The Morgan fingerprint density at radius 2 is 1.85 bits per heavy atom. The maximum absolute atomic E-state index is 9.83. The van der Waals surface area contributed by atoms with E-state index in [1.54, 1.807) is 0 Å². The van der Waals surface area contributed by atoms with Crippen LogP contribution >= 0.6 is 0 Å². The van der Waals surface area contributed by atoms with E-state index in [-0.39, 0.29) is 6.10 Å². The van der Waals surface area contributed by atoms with Gasteiger partial charge >= 0.3 is 0 Å². The molecule has 0 saturated carbocycles. The van der Waals surface area contributed by atoms with Crippen LogP contribution in [0, 0.1) is 5.92 Å². The molecule has 4 nitrogen and oxygen atoms in total. The average molecular weight is 286 g/mol. The van der Waals surface area contributed by atoms with E-state index >= 15 is 0 Å².